The molecule has 2 N–H and O–H groups in total. The molecular weight excluding hydrogens is 453 g/mol. The van der Waals surface area contributed by atoms with Crippen LogP contribution in [0.15, 0.2) is 84.0 Å². The number of aromatic nitrogens is 3. The molecule has 0 spiro atoms. The van der Waals surface area contributed by atoms with Crippen LogP contribution in [-0.4, -0.2) is 26.5 Å². The first-order valence-electron chi connectivity index (χ1n) is 10.6. The molecule has 0 saturated heterocycles. The van der Waals surface area contributed by atoms with Gasteiger partial charge < -0.3 is 15.5 Å². The largest absolute Gasteiger partial charge is 0.482 e. The van der Waals surface area contributed by atoms with E-state index in [0.29, 0.717) is 17.5 Å². The highest BCUT2D eigenvalue weighted by atomic mass is 32.2. The first-order chi connectivity index (χ1) is 16.5. The second kappa shape index (κ2) is 10.8. The summed E-state index contributed by atoms with van der Waals surface area (Å²) in [4.78, 5) is 15.0. The van der Waals surface area contributed by atoms with Crippen molar-refractivity contribution in [2.75, 3.05) is 16.5 Å². The number of thioether (sulfide) groups is 1. The van der Waals surface area contributed by atoms with Gasteiger partial charge in [0.15, 0.2) is 17.4 Å². The molecule has 1 aromatic heterocycles. The van der Waals surface area contributed by atoms with Crippen LogP contribution in [-0.2, 0) is 17.9 Å². The average molecular weight is 478 g/mol. The minimum atomic E-state index is -0.472. The first kappa shape index (κ1) is 23.3. The second-order valence-corrected chi connectivity index (χ2v) is 8.52. The van der Waals surface area contributed by atoms with Gasteiger partial charge >= 0.3 is 0 Å². The monoisotopic (exact) mass is 477 g/mol. The number of para-hydroxylation sites is 1. The number of ether oxygens (including phenoxy) is 1. The molecule has 0 atom stereocenters. The van der Waals surface area contributed by atoms with Crippen LogP contribution in [0.4, 0.5) is 10.1 Å². The Labute approximate surface area is 201 Å². The number of anilines is 1. The van der Waals surface area contributed by atoms with Gasteiger partial charge in [-0.05, 0) is 42.3 Å². The van der Waals surface area contributed by atoms with Gasteiger partial charge in [0, 0.05) is 5.69 Å². The van der Waals surface area contributed by atoms with Crippen molar-refractivity contribution >= 4 is 23.4 Å². The third-order valence-electron chi connectivity index (χ3n) is 5.05. The van der Waals surface area contributed by atoms with Crippen molar-refractivity contribution in [1.29, 1.82) is 0 Å². The number of benzene rings is 3. The number of amides is 1. The molecule has 4 rings (SSSR count). The van der Waals surface area contributed by atoms with Crippen molar-refractivity contribution < 1.29 is 13.9 Å². The van der Waals surface area contributed by atoms with Crippen LogP contribution in [0, 0.1) is 12.7 Å². The summed E-state index contributed by atoms with van der Waals surface area (Å²) in [7, 11) is 0. The Balaban J connectivity index is 1.43. The molecular formula is C25H24FN5O2S. The van der Waals surface area contributed by atoms with Gasteiger partial charge in [-0.25, -0.2) is 9.07 Å². The van der Waals surface area contributed by atoms with Crippen LogP contribution in [0.25, 0.3) is 0 Å². The van der Waals surface area contributed by atoms with Crippen molar-refractivity contribution in [2.24, 2.45) is 0 Å². The molecule has 174 valence electrons. The van der Waals surface area contributed by atoms with E-state index in [1.165, 1.54) is 28.6 Å². The summed E-state index contributed by atoms with van der Waals surface area (Å²) < 4.78 is 20.5. The number of halogens is 1. The lowest BCUT2D eigenvalue weighted by Gasteiger charge is -2.23. The molecule has 9 heteroatoms. The van der Waals surface area contributed by atoms with E-state index < -0.39 is 5.82 Å². The van der Waals surface area contributed by atoms with Gasteiger partial charge in [-0.2, -0.15) is 0 Å². The second-order valence-electron chi connectivity index (χ2n) is 7.58. The van der Waals surface area contributed by atoms with Crippen LogP contribution in [0.2, 0.25) is 0 Å². The topological polar surface area (TPSA) is 86.3 Å². The van der Waals surface area contributed by atoms with Crippen LogP contribution in [0.3, 0.4) is 0 Å². The molecule has 0 aliphatic carbocycles. The highest BCUT2D eigenvalue weighted by Gasteiger charge is 2.19. The number of rotatable bonds is 9. The van der Waals surface area contributed by atoms with Gasteiger partial charge in [-0.1, -0.05) is 66.4 Å². The smallest absolute Gasteiger partial charge is 0.237 e. The Bertz CT molecular complexity index is 1270. The normalized spacial score (nSPS) is 10.8. The average Bonchev–Trinajstić information content (AvgIpc) is 3.20. The Morgan fingerprint density at radius 2 is 1.82 bits per heavy atom. The van der Waals surface area contributed by atoms with E-state index in [9.17, 15) is 9.18 Å². The summed E-state index contributed by atoms with van der Waals surface area (Å²) in [6.45, 7) is 2.38. The van der Waals surface area contributed by atoms with Crippen LogP contribution in [0.1, 0.15) is 17.0 Å². The molecule has 0 fully saturated rings. The summed E-state index contributed by atoms with van der Waals surface area (Å²) >= 11 is 1.18. The molecule has 0 saturated carbocycles. The molecule has 1 amide bonds. The Morgan fingerprint density at radius 1 is 1.06 bits per heavy atom. The molecule has 1 heterocycles. The fourth-order valence-electron chi connectivity index (χ4n) is 3.30. The maximum atomic E-state index is 13.8. The van der Waals surface area contributed by atoms with Gasteiger partial charge in [-0.3, -0.25) is 4.79 Å². The molecule has 0 aliphatic rings. The number of nitrogen functional groups attached to an aromatic ring is 1. The summed E-state index contributed by atoms with van der Waals surface area (Å²) in [6, 6.07) is 23.7. The lowest BCUT2D eigenvalue weighted by molar-refractivity contribution is -0.116. The molecule has 4 aromatic rings. The minimum absolute atomic E-state index is 0.0532. The summed E-state index contributed by atoms with van der Waals surface area (Å²) in [5, 5.41) is 8.44. The summed E-state index contributed by atoms with van der Waals surface area (Å²) in [6.07, 6.45) is 0. The maximum Gasteiger partial charge on any atom is 0.237 e. The summed E-state index contributed by atoms with van der Waals surface area (Å²) in [5.41, 5.74) is 2.91. The zero-order valence-electron chi connectivity index (χ0n) is 18.6. The van der Waals surface area contributed by atoms with E-state index in [4.69, 9.17) is 10.6 Å². The molecule has 0 bridgehead atoms. The number of aryl methyl sites for hydroxylation is 1. The predicted octanol–water partition coefficient (Wildman–Crippen LogP) is 4.34. The number of nitrogens with zero attached hydrogens (tertiary/aromatic N) is 4. The quantitative estimate of drug-likeness (QED) is 0.285. The molecule has 34 heavy (non-hydrogen) atoms. The number of hydrogen-bond donors (Lipinski definition) is 1. The zero-order chi connectivity index (χ0) is 23.9. The molecule has 0 radical (unpaired) electrons. The van der Waals surface area contributed by atoms with Gasteiger partial charge in [0.25, 0.3) is 0 Å². The third-order valence-corrected chi connectivity index (χ3v) is 5.98. The minimum Gasteiger partial charge on any atom is -0.482 e. The van der Waals surface area contributed by atoms with Gasteiger partial charge in [0.05, 0.1) is 12.3 Å². The summed E-state index contributed by atoms with van der Waals surface area (Å²) in [5.74, 6) is 6.07. The Hall–Kier alpha value is -3.85. The Morgan fingerprint density at radius 3 is 2.59 bits per heavy atom. The maximum absolute atomic E-state index is 13.8. The highest BCUT2D eigenvalue weighted by Crippen LogP contribution is 2.23. The van der Waals surface area contributed by atoms with Crippen molar-refractivity contribution in [3.63, 3.8) is 0 Å². The number of nitrogens with two attached hydrogens (primary N) is 1. The van der Waals surface area contributed by atoms with Crippen LogP contribution >= 0.6 is 11.8 Å². The number of carbonyl (C=O) groups is 1. The molecule has 3 aromatic carbocycles. The highest BCUT2D eigenvalue weighted by molar-refractivity contribution is 7.99. The predicted molar refractivity (Wildman–Crippen MR) is 130 cm³/mol. The zero-order valence-corrected chi connectivity index (χ0v) is 19.4. The lowest BCUT2D eigenvalue weighted by Crippen LogP contribution is -2.32. The molecule has 0 aliphatic heterocycles. The van der Waals surface area contributed by atoms with Gasteiger partial charge in [0.1, 0.15) is 6.61 Å². The van der Waals surface area contributed by atoms with E-state index in [1.54, 1.807) is 17.0 Å². The van der Waals surface area contributed by atoms with E-state index in [0.717, 1.165) is 16.8 Å². The number of hydrogen-bond acceptors (Lipinski definition) is 6. The van der Waals surface area contributed by atoms with Gasteiger partial charge in [0.2, 0.25) is 11.1 Å². The van der Waals surface area contributed by atoms with Crippen molar-refractivity contribution in [1.82, 2.24) is 14.9 Å². The number of carbonyl (C=O) groups excluding carboxylic acids is 1. The van der Waals surface area contributed by atoms with E-state index in [1.807, 2.05) is 61.5 Å². The molecule has 7 nitrogen and oxygen atoms in total. The SMILES string of the molecule is Cc1cccc(N(Cc2ccccc2)C(=O)CSc2nnc(COc3ccccc3F)n2N)c1. The van der Waals surface area contributed by atoms with Gasteiger partial charge in [-0.15, -0.1) is 10.2 Å². The fourth-order valence-corrected chi connectivity index (χ4v) is 4.05. The van der Waals surface area contributed by atoms with Crippen molar-refractivity contribution in [2.45, 2.75) is 25.2 Å². The van der Waals surface area contributed by atoms with Crippen molar-refractivity contribution in [3.8, 4) is 5.75 Å². The van der Waals surface area contributed by atoms with Crippen LogP contribution in [0.5, 0.6) is 5.75 Å². The molecule has 0 unspecified atom stereocenters. The fraction of sp³-hybridized carbons (Fsp3) is 0.160. The Kier molecular flexibility index (Phi) is 7.44. The third kappa shape index (κ3) is 5.74. The van der Waals surface area contributed by atoms with Crippen LogP contribution < -0.4 is 15.5 Å². The van der Waals surface area contributed by atoms with E-state index >= 15 is 0 Å². The lowest BCUT2D eigenvalue weighted by atomic mass is 10.1. The first-order valence-corrected chi connectivity index (χ1v) is 11.6. The standard InChI is InChI=1S/C25H24FN5O2S/c1-18-8-7-11-20(14-18)30(15-19-9-3-2-4-10-19)24(32)17-34-25-29-28-23(31(25)27)16-33-22-13-6-5-12-21(22)26/h2-14H,15-17,27H2,1H3. The van der Waals surface area contributed by atoms with Crippen molar-refractivity contribution in [3.05, 3.63) is 102 Å². The van der Waals surface area contributed by atoms with E-state index in [-0.39, 0.29) is 24.0 Å². The van der Waals surface area contributed by atoms with E-state index in [2.05, 4.69) is 10.2 Å².